The molecular weight excluding hydrogens is 283 g/mol. The van der Waals surface area contributed by atoms with Crippen molar-refractivity contribution in [1.29, 1.82) is 0 Å². The summed E-state index contributed by atoms with van der Waals surface area (Å²) >= 11 is 3.17. The van der Waals surface area contributed by atoms with Crippen LogP contribution in [-0.4, -0.2) is 0 Å². The molecular formula is C13H12BrFN2. The van der Waals surface area contributed by atoms with Gasteiger partial charge in [-0.2, -0.15) is 0 Å². The maximum atomic E-state index is 13.3. The molecule has 3 N–H and O–H groups in total. The molecule has 2 nitrogen and oxygen atoms in total. The lowest BCUT2D eigenvalue weighted by atomic mass is 10.2. The molecule has 2 rings (SSSR count). The van der Waals surface area contributed by atoms with Crippen molar-refractivity contribution in [3.05, 3.63) is 52.3 Å². The van der Waals surface area contributed by atoms with Gasteiger partial charge in [-0.15, -0.1) is 0 Å². The number of nitrogens with one attached hydrogen (secondary N) is 1. The van der Waals surface area contributed by atoms with Gasteiger partial charge in [0.25, 0.3) is 0 Å². The Kier molecular flexibility index (Phi) is 3.33. The second-order valence-electron chi connectivity index (χ2n) is 3.79. The molecule has 4 heteroatoms. The van der Waals surface area contributed by atoms with Gasteiger partial charge in [0, 0.05) is 5.69 Å². The van der Waals surface area contributed by atoms with E-state index in [0.717, 1.165) is 16.9 Å². The van der Waals surface area contributed by atoms with Crippen molar-refractivity contribution in [2.24, 2.45) is 0 Å². The molecule has 0 radical (unpaired) electrons. The number of benzene rings is 2. The van der Waals surface area contributed by atoms with Gasteiger partial charge in [-0.05, 0) is 52.7 Å². The van der Waals surface area contributed by atoms with Gasteiger partial charge in [-0.25, -0.2) is 4.39 Å². The molecule has 0 aromatic heterocycles. The van der Waals surface area contributed by atoms with Gasteiger partial charge in [-0.3, -0.25) is 0 Å². The van der Waals surface area contributed by atoms with Gasteiger partial charge in [0.2, 0.25) is 0 Å². The zero-order valence-electron chi connectivity index (χ0n) is 9.30. The summed E-state index contributed by atoms with van der Waals surface area (Å²) in [5.74, 6) is -0.269. The Morgan fingerprint density at radius 2 is 1.88 bits per heavy atom. The Balaban J connectivity index is 2.37. The summed E-state index contributed by atoms with van der Waals surface area (Å²) in [7, 11) is 0. The van der Waals surface area contributed by atoms with Crippen molar-refractivity contribution in [3.63, 3.8) is 0 Å². The molecule has 17 heavy (non-hydrogen) atoms. The largest absolute Gasteiger partial charge is 0.397 e. The lowest BCUT2D eigenvalue weighted by Crippen LogP contribution is -1.98. The third kappa shape index (κ3) is 2.58. The minimum Gasteiger partial charge on any atom is -0.397 e. The quantitative estimate of drug-likeness (QED) is 0.814. The van der Waals surface area contributed by atoms with Gasteiger partial charge in [0.15, 0.2) is 0 Å². The van der Waals surface area contributed by atoms with Crippen molar-refractivity contribution >= 4 is 33.0 Å². The molecule has 0 bridgehead atoms. The maximum Gasteiger partial charge on any atom is 0.137 e. The summed E-state index contributed by atoms with van der Waals surface area (Å²) in [6, 6.07) is 10.6. The van der Waals surface area contributed by atoms with E-state index in [1.807, 2.05) is 31.2 Å². The van der Waals surface area contributed by atoms with Gasteiger partial charge in [0.05, 0.1) is 15.8 Å². The van der Waals surface area contributed by atoms with Crippen molar-refractivity contribution in [1.82, 2.24) is 0 Å². The second kappa shape index (κ2) is 4.75. The summed E-state index contributed by atoms with van der Waals surface area (Å²) in [6.45, 7) is 1.84. The SMILES string of the molecule is Cc1cc(F)c(Br)cc1Nc1ccccc1N. The van der Waals surface area contributed by atoms with Crippen LogP contribution in [0.5, 0.6) is 0 Å². The minimum atomic E-state index is -0.269. The Hall–Kier alpha value is -1.55. The fourth-order valence-electron chi connectivity index (χ4n) is 1.54. The highest BCUT2D eigenvalue weighted by atomic mass is 79.9. The smallest absolute Gasteiger partial charge is 0.137 e. The normalized spacial score (nSPS) is 10.3. The van der Waals surface area contributed by atoms with Crippen LogP contribution >= 0.6 is 15.9 Å². The van der Waals surface area contributed by atoms with E-state index in [2.05, 4.69) is 21.2 Å². The Bertz CT molecular complexity index is 555. The average molecular weight is 295 g/mol. The third-order valence-electron chi connectivity index (χ3n) is 2.50. The summed E-state index contributed by atoms with van der Waals surface area (Å²) in [5.41, 5.74) is 8.97. The van der Waals surface area contributed by atoms with Crippen LogP contribution in [-0.2, 0) is 0 Å². The Labute approximate surface area is 108 Å². The first-order chi connectivity index (χ1) is 8.08. The highest BCUT2D eigenvalue weighted by molar-refractivity contribution is 9.10. The summed E-state index contributed by atoms with van der Waals surface area (Å²) in [5, 5.41) is 3.19. The van der Waals surface area contributed by atoms with Crippen LogP contribution in [0.1, 0.15) is 5.56 Å². The molecule has 0 saturated heterocycles. The van der Waals surface area contributed by atoms with E-state index in [1.165, 1.54) is 6.07 Å². The third-order valence-corrected chi connectivity index (χ3v) is 3.11. The number of para-hydroxylation sites is 2. The van der Waals surface area contributed by atoms with Gasteiger partial charge < -0.3 is 11.1 Å². The number of nitrogens with two attached hydrogens (primary N) is 1. The van der Waals surface area contributed by atoms with Crippen molar-refractivity contribution in [3.8, 4) is 0 Å². The second-order valence-corrected chi connectivity index (χ2v) is 4.65. The number of nitrogen functional groups attached to an aromatic ring is 1. The molecule has 0 aliphatic heterocycles. The molecule has 0 amide bonds. The molecule has 0 fully saturated rings. The molecule has 0 aliphatic carbocycles. The fourth-order valence-corrected chi connectivity index (χ4v) is 1.88. The van der Waals surface area contributed by atoms with E-state index in [-0.39, 0.29) is 5.82 Å². The number of rotatable bonds is 2. The highest BCUT2D eigenvalue weighted by Gasteiger charge is 2.06. The van der Waals surface area contributed by atoms with Gasteiger partial charge in [-0.1, -0.05) is 12.1 Å². The van der Waals surface area contributed by atoms with E-state index in [9.17, 15) is 4.39 Å². The number of hydrogen-bond donors (Lipinski definition) is 2. The molecule has 2 aromatic carbocycles. The van der Waals surface area contributed by atoms with E-state index < -0.39 is 0 Å². The average Bonchev–Trinajstić information content (AvgIpc) is 2.29. The first-order valence-corrected chi connectivity index (χ1v) is 5.94. The van der Waals surface area contributed by atoms with E-state index in [1.54, 1.807) is 6.07 Å². The first kappa shape index (κ1) is 11.9. The zero-order chi connectivity index (χ0) is 12.4. The number of halogens is 2. The van der Waals surface area contributed by atoms with E-state index in [0.29, 0.717) is 10.2 Å². The molecule has 0 atom stereocenters. The number of hydrogen-bond acceptors (Lipinski definition) is 2. The maximum absolute atomic E-state index is 13.3. The van der Waals surface area contributed by atoms with Crippen molar-refractivity contribution < 1.29 is 4.39 Å². The van der Waals surface area contributed by atoms with Gasteiger partial charge >= 0.3 is 0 Å². The van der Waals surface area contributed by atoms with Crippen LogP contribution in [0, 0.1) is 12.7 Å². The first-order valence-electron chi connectivity index (χ1n) is 5.15. The number of anilines is 3. The van der Waals surface area contributed by atoms with Crippen molar-refractivity contribution in [2.45, 2.75) is 6.92 Å². The summed E-state index contributed by atoms with van der Waals surface area (Å²) in [4.78, 5) is 0. The van der Waals surface area contributed by atoms with E-state index in [4.69, 9.17) is 5.73 Å². The predicted molar refractivity (Wildman–Crippen MR) is 73.0 cm³/mol. The van der Waals surface area contributed by atoms with Crippen LogP contribution in [0.4, 0.5) is 21.5 Å². The van der Waals surface area contributed by atoms with Crippen LogP contribution in [0.25, 0.3) is 0 Å². The lowest BCUT2D eigenvalue weighted by Gasteiger charge is -2.12. The molecule has 0 saturated carbocycles. The monoisotopic (exact) mass is 294 g/mol. The molecule has 0 spiro atoms. The van der Waals surface area contributed by atoms with Crippen LogP contribution < -0.4 is 11.1 Å². The standard InChI is InChI=1S/C13H12BrFN2/c1-8-6-10(15)9(14)7-13(8)17-12-5-3-2-4-11(12)16/h2-7,17H,16H2,1H3. The molecule has 0 aliphatic rings. The molecule has 0 heterocycles. The Morgan fingerprint density at radius 1 is 1.18 bits per heavy atom. The minimum absolute atomic E-state index is 0.269. The predicted octanol–water partition coefficient (Wildman–Crippen LogP) is 4.22. The van der Waals surface area contributed by atoms with Crippen LogP contribution in [0.3, 0.4) is 0 Å². The number of aryl methyl sites for hydroxylation is 1. The Morgan fingerprint density at radius 3 is 2.59 bits per heavy atom. The lowest BCUT2D eigenvalue weighted by molar-refractivity contribution is 0.620. The summed E-state index contributed by atoms with van der Waals surface area (Å²) < 4.78 is 13.7. The topological polar surface area (TPSA) is 38.0 Å². The molecule has 88 valence electrons. The van der Waals surface area contributed by atoms with E-state index >= 15 is 0 Å². The molecule has 2 aromatic rings. The fraction of sp³-hybridized carbons (Fsp3) is 0.0769. The van der Waals surface area contributed by atoms with Crippen molar-refractivity contribution in [2.75, 3.05) is 11.1 Å². The van der Waals surface area contributed by atoms with Crippen LogP contribution in [0.15, 0.2) is 40.9 Å². The van der Waals surface area contributed by atoms with Gasteiger partial charge in [0.1, 0.15) is 5.82 Å². The highest BCUT2D eigenvalue weighted by Crippen LogP contribution is 2.28. The van der Waals surface area contributed by atoms with Crippen LogP contribution in [0.2, 0.25) is 0 Å². The summed E-state index contributed by atoms with van der Waals surface area (Å²) in [6.07, 6.45) is 0. The molecule has 0 unspecified atom stereocenters. The zero-order valence-corrected chi connectivity index (χ0v) is 10.9.